The summed E-state index contributed by atoms with van der Waals surface area (Å²) < 4.78 is 0. The van der Waals surface area contributed by atoms with Gasteiger partial charge in [0.2, 0.25) is 11.7 Å². The second-order valence-corrected chi connectivity index (χ2v) is 4.40. The minimum Gasteiger partial charge on any atom is -0.287 e. The van der Waals surface area contributed by atoms with E-state index in [1.165, 1.54) is 0 Å². The van der Waals surface area contributed by atoms with E-state index in [0.717, 1.165) is 4.90 Å². The van der Waals surface area contributed by atoms with Gasteiger partial charge in [-0.05, 0) is 25.0 Å². The SMILES string of the molecule is CCC1(CC)C(=O)C(=O)N(c2ccccc2)C1=O. The van der Waals surface area contributed by atoms with Crippen molar-refractivity contribution in [3.05, 3.63) is 30.3 Å². The van der Waals surface area contributed by atoms with Gasteiger partial charge in [0.25, 0.3) is 0 Å². The van der Waals surface area contributed by atoms with E-state index in [1.54, 1.807) is 44.2 Å². The number of para-hydroxylation sites is 1. The molecule has 0 atom stereocenters. The van der Waals surface area contributed by atoms with E-state index in [4.69, 9.17) is 0 Å². The summed E-state index contributed by atoms with van der Waals surface area (Å²) in [6.07, 6.45) is 0.715. The molecule has 0 aliphatic carbocycles. The molecule has 94 valence electrons. The van der Waals surface area contributed by atoms with Gasteiger partial charge < -0.3 is 0 Å². The summed E-state index contributed by atoms with van der Waals surface area (Å²) in [4.78, 5) is 37.5. The van der Waals surface area contributed by atoms with Crippen LogP contribution in [-0.2, 0) is 14.4 Å². The van der Waals surface area contributed by atoms with Crippen LogP contribution < -0.4 is 4.90 Å². The fourth-order valence-corrected chi connectivity index (χ4v) is 2.39. The van der Waals surface area contributed by atoms with Gasteiger partial charge >= 0.3 is 5.91 Å². The van der Waals surface area contributed by atoms with E-state index in [2.05, 4.69) is 0 Å². The van der Waals surface area contributed by atoms with E-state index >= 15 is 0 Å². The van der Waals surface area contributed by atoms with Crippen LogP contribution in [0.1, 0.15) is 26.7 Å². The Labute approximate surface area is 106 Å². The predicted molar refractivity (Wildman–Crippen MR) is 67.0 cm³/mol. The molecule has 0 saturated carbocycles. The number of Topliss-reactive ketones (excluding diaryl/α,β-unsaturated/α-hetero) is 1. The maximum atomic E-state index is 12.4. The average molecular weight is 245 g/mol. The number of amides is 2. The normalized spacial score (nSPS) is 18.6. The van der Waals surface area contributed by atoms with Crippen molar-refractivity contribution >= 4 is 23.3 Å². The monoisotopic (exact) mass is 245 g/mol. The Morgan fingerprint density at radius 2 is 1.56 bits per heavy atom. The second-order valence-electron chi connectivity index (χ2n) is 4.40. The first-order valence-corrected chi connectivity index (χ1v) is 6.07. The molecule has 0 aromatic heterocycles. The Balaban J connectivity index is 2.50. The first kappa shape index (κ1) is 12.5. The van der Waals surface area contributed by atoms with Crippen LogP contribution in [0.5, 0.6) is 0 Å². The number of hydrogen-bond donors (Lipinski definition) is 0. The highest BCUT2D eigenvalue weighted by atomic mass is 16.2. The lowest BCUT2D eigenvalue weighted by Crippen LogP contribution is -2.36. The van der Waals surface area contributed by atoms with Crippen molar-refractivity contribution < 1.29 is 14.4 Å². The van der Waals surface area contributed by atoms with Crippen LogP contribution in [0.4, 0.5) is 5.69 Å². The lowest BCUT2D eigenvalue weighted by atomic mass is 9.80. The molecule has 1 fully saturated rings. The van der Waals surface area contributed by atoms with Crippen molar-refractivity contribution in [2.75, 3.05) is 4.90 Å². The molecular weight excluding hydrogens is 230 g/mol. The van der Waals surface area contributed by atoms with Gasteiger partial charge in [0.15, 0.2) is 0 Å². The van der Waals surface area contributed by atoms with Crippen molar-refractivity contribution in [3.63, 3.8) is 0 Å². The van der Waals surface area contributed by atoms with Crippen molar-refractivity contribution in [1.29, 1.82) is 0 Å². The van der Waals surface area contributed by atoms with E-state index in [1.807, 2.05) is 0 Å². The topological polar surface area (TPSA) is 54.5 Å². The quantitative estimate of drug-likeness (QED) is 0.464. The standard InChI is InChI=1S/C14H15NO3/c1-3-14(4-2)11(16)12(17)15(13(14)18)10-8-6-5-7-9-10/h5-9H,3-4H2,1-2H3. The molecule has 2 amide bonds. The fraction of sp³-hybridized carbons (Fsp3) is 0.357. The number of imide groups is 1. The zero-order valence-electron chi connectivity index (χ0n) is 10.5. The molecule has 18 heavy (non-hydrogen) atoms. The van der Waals surface area contributed by atoms with Crippen molar-refractivity contribution in [1.82, 2.24) is 0 Å². The lowest BCUT2D eigenvalue weighted by molar-refractivity contribution is -0.140. The maximum Gasteiger partial charge on any atom is 0.302 e. The Hall–Kier alpha value is -1.97. The summed E-state index contributed by atoms with van der Waals surface area (Å²) in [5.74, 6) is -1.69. The van der Waals surface area contributed by atoms with Crippen LogP contribution in [-0.4, -0.2) is 17.6 Å². The van der Waals surface area contributed by atoms with Crippen LogP contribution >= 0.6 is 0 Å². The average Bonchev–Trinajstić information content (AvgIpc) is 2.59. The number of ketones is 1. The number of benzene rings is 1. The number of hydrogen-bond acceptors (Lipinski definition) is 3. The largest absolute Gasteiger partial charge is 0.302 e. The Morgan fingerprint density at radius 1 is 1.00 bits per heavy atom. The third-order valence-electron chi connectivity index (χ3n) is 3.67. The molecule has 0 radical (unpaired) electrons. The molecule has 1 saturated heterocycles. The second kappa shape index (κ2) is 4.37. The molecule has 0 unspecified atom stereocenters. The zero-order valence-corrected chi connectivity index (χ0v) is 10.5. The number of nitrogens with zero attached hydrogens (tertiary/aromatic N) is 1. The highest BCUT2D eigenvalue weighted by Crippen LogP contribution is 2.38. The summed E-state index contributed by atoms with van der Waals surface area (Å²) in [6.45, 7) is 3.53. The molecule has 0 spiro atoms. The molecule has 0 N–H and O–H groups in total. The molecule has 4 nitrogen and oxygen atoms in total. The number of carbonyl (C=O) groups excluding carboxylic acids is 3. The van der Waals surface area contributed by atoms with E-state index in [0.29, 0.717) is 18.5 Å². The van der Waals surface area contributed by atoms with Crippen molar-refractivity contribution in [2.24, 2.45) is 5.41 Å². The molecule has 1 aliphatic rings. The Bertz CT molecular complexity index is 503. The Kier molecular flexibility index (Phi) is 3.03. The van der Waals surface area contributed by atoms with Gasteiger partial charge in [0, 0.05) is 0 Å². The molecule has 1 aromatic rings. The van der Waals surface area contributed by atoms with Gasteiger partial charge in [-0.25, -0.2) is 4.90 Å². The molecule has 1 aliphatic heterocycles. The molecular formula is C14H15NO3. The van der Waals surface area contributed by atoms with Gasteiger partial charge in [0.1, 0.15) is 5.41 Å². The Morgan fingerprint density at radius 3 is 2.00 bits per heavy atom. The summed E-state index contributed by atoms with van der Waals surface area (Å²) in [6, 6.07) is 8.58. The van der Waals surface area contributed by atoms with Gasteiger partial charge in [-0.2, -0.15) is 0 Å². The predicted octanol–water partition coefficient (Wildman–Crippen LogP) is 1.94. The molecule has 2 rings (SSSR count). The third-order valence-corrected chi connectivity index (χ3v) is 3.67. The van der Waals surface area contributed by atoms with Gasteiger partial charge in [0.05, 0.1) is 5.69 Å². The highest BCUT2D eigenvalue weighted by molar-refractivity contribution is 6.57. The number of carbonyl (C=O) groups is 3. The fourth-order valence-electron chi connectivity index (χ4n) is 2.39. The van der Waals surface area contributed by atoms with Gasteiger partial charge in [-0.15, -0.1) is 0 Å². The molecule has 1 aromatic carbocycles. The highest BCUT2D eigenvalue weighted by Gasteiger charge is 2.57. The zero-order chi connectivity index (χ0) is 13.3. The lowest BCUT2D eigenvalue weighted by Gasteiger charge is -2.21. The maximum absolute atomic E-state index is 12.4. The van der Waals surface area contributed by atoms with E-state index in [-0.39, 0.29) is 0 Å². The van der Waals surface area contributed by atoms with Crippen LogP contribution in [0.25, 0.3) is 0 Å². The van der Waals surface area contributed by atoms with Crippen LogP contribution in [0.15, 0.2) is 30.3 Å². The molecule has 0 bridgehead atoms. The minimum atomic E-state index is -1.16. The van der Waals surface area contributed by atoms with Crippen LogP contribution in [0, 0.1) is 5.41 Å². The van der Waals surface area contributed by atoms with Gasteiger partial charge in [-0.3, -0.25) is 14.4 Å². The smallest absolute Gasteiger partial charge is 0.287 e. The molecule has 1 heterocycles. The summed E-state index contributed by atoms with van der Waals surface area (Å²) >= 11 is 0. The molecule has 4 heteroatoms. The minimum absolute atomic E-state index is 0.357. The first-order valence-electron chi connectivity index (χ1n) is 6.07. The number of rotatable bonds is 3. The van der Waals surface area contributed by atoms with E-state index < -0.39 is 23.0 Å². The first-order chi connectivity index (χ1) is 8.58. The van der Waals surface area contributed by atoms with Crippen LogP contribution in [0.2, 0.25) is 0 Å². The third kappa shape index (κ3) is 1.49. The van der Waals surface area contributed by atoms with Crippen LogP contribution in [0.3, 0.4) is 0 Å². The number of anilines is 1. The van der Waals surface area contributed by atoms with Gasteiger partial charge in [-0.1, -0.05) is 32.0 Å². The summed E-state index contributed by atoms with van der Waals surface area (Å²) in [5, 5.41) is 0. The van der Waals surface area contributed by atoms with Crippen molar-refractivity contribution in [2.45, 2.75) is 26.7 Å². The summed E-state index contributed by atoms with van der Waals surface area (Å²) in [5.41, 5.74) is -0.697. The van der Waals surface area contributed by atoms with E-state index in [9.17, 15) is 14.4 Å². The van der Waals surface area contributed by atoms with Crippen molar-refractivity contribution in [3.8, 4) is 0 Å². The summed E-state index contributed by atoms with van der Waals surface area (Å²) in [7, 11) is 0.